The second kappa shape index (κ2) is 5.40. The minimum Gasteiger partial charge on any atom is -0.399 e. The third kappa shape index (κ3) is 2.61. The van der Waals surface area contributed by atoms with Crippen molar-refractivity contribution < 1.29 is 8.42 Å². The van der Waals surface area contributed by atoms with Crippen molar-refractivity contribution in [3.05, 3.63) is 35.7 Å². The first-order chi connectivity index (χ1) is 9.78. The van der Waals surface area contributed by atoms with Gasteiger partial charge in [-0.3, -0.25) is 8.99 Å². The van der Waals surface area contributed by atoms with Crippen LogP contribution in [0, 0.1) is 13.8 Å². The van der Waals surface area contributed by atoms with E-state index >= 15 is 0 Å². The van der Waals surface area contributed by atoms with Crippen LogP contribution < -0.4 is 10.0 Å². The van der Waals surface area contributed by atoms with Crippen LogP contribution in [-0.4, -0.2) is 24.7 Å². The molecule has 2 N–H and O–H groups in total. The van der Waals surface area contributed by atoms with Gasteiger partial charge < -0.3 is 5.73 Å². The average molecular weight is 308 g/mol. The number of hydrogen-bond donors (Lipinski definition) is 1. The fourth-order valence-corrected chi connectivity index (χ4v) is 4.25. The van der Waals surface area contributed by atoms with Crippen molar-refractivity contribution in [2.45, 2.75) is 25.7 Å². The van der Waals surface area contributed by atoms with Crippen molar-refractivity contribution in [2.75, 3.05) is 16.6 Å². The Bertz CT molecular complexity index is 748. The molecule has 2 rings (SSSR count). The molecule has 0 bridgehead atoms. The second-order valence-electron chi connectivity index (χ2n) is 4.88. The third-order valence-corrected chi connectivity index (χ3v) is 5.62. The number of rotatable bonds is 4. The number of aromatic nitrogens is 2. The van der Waals surface area contributed by atoms with Gasteiger partial charge in [0.25, 0.3) is 10.0 Å². The lowest BCUT2D eigenvalue weighted by Crippen LogP contribution is -2.31. The molecule has 0 aliphatic heterocycles. The van der Waals surface area contributed by atoms with E-state index in [1.165, 1.54) is 4.31 Å². The van der Waals surface area contributed by atoms with Gasteiger partial charge in [-0.2, -0.15) is 5.10 Å². The molecule has 7 heteroatoms. The Kier molecular flexibility index (Phi) is 3.95. The summed E-state index contributed by atoms with van der Waals surface area (Å²) in [7, 11) is -1.91. The van der Waals surface area contributed by atoms with E-state index < -0.39 is 10.0 Å². The smallest absolute Gasteiger partial charge is 0.267 e. The first kappa shape index (κ1) is 15.4. The summed E-state index contributed by atoms with van der Waals surface area (Å²) in [5.41, 5.74) is 7.98. The number of nitrogens with two attached hydrogens (primary N) is 1. The zero-order valence-corrected chi connectivity index (χ0v) is 13.5. The standard InChI is InChI=1S/C14H20N4O2S/c1-5-18(13-8-6-12(15)7-9-13)21(19,20)14-10(2)16-17(4)11(14)3/h6-9H,5,15H2,1-4H3. The van der Waals surface area contributed by atoms with Gasteiger partial charge in [0.1, 0.15) is 4.90 Å². The highest BCUT2D eigenvalue weighted by Crippen LogP contribution is 2.27. The maximum absolute atomic E-state index is 12.9. The molecule has 0 saturated heterocycles. The summed E-state index contributed by atoms with van der Waals surface area (Å²) in [6, 6.07) is 6.79. The summed E-state index contributed by atoms with van der Waals surface area (Å²) in [5.74, 6) is 0. The molecular weight excluding hydrogens is 288 g/mol. The Balaban J connectivity index is 2.57. The highest BCUT2D eigenvalue weighted by molar-refractivity contribution is 7.93. The minimum atomic E-state index is -3.65. The Morgan fingerprint density at radius 1 is 1.24 bits per heavy atom. The average Bonchev–Trinajstić information content (AvgIpc) is 2.66. The topological polar surface area (TPSA) is 81.2 Å². The predicted octanol–water partition coefficient (Wildman–Crippen LogP) is 1.83. The molecule has 21 heavy (non-hydrogen) atoms. The molecule has 0 atom stereocenters. The van der Waals surface area contributed by atoms with Gasteiger partial charge in [0.05, 0.1) is 17.1 Å². The molecule has 1 aromatic heterocycles. The molecule has 0 spiro atoms. The fourth-order valence-electron chi connectivity index (χ4n) is 2.37. The molecule has 1 heterocycles. The van der Waals surface area contributed by atoms with E-state index in [0.29, 0.717) is 29.3 Å². The van der Waals surface area contributed by atoms with E-state index in [4.69, 9.17) is 5.73 Å². The van der Waals surface area contributed by atoms with Gasteiger partial charge in [0, 0.05) is 19.3 Å². The number of hydrogen-bond acceptors (Lipinski definition) is 4. The zero-order valence-electron chi connectivity index (χ0n) is 12.7. The van der Waals surface area contributed by atoms with Crippen LogP contribution in [0.15, 0.2) is 29.2 Å². The van der Waals surface area contributed by atoms with Gasteiger partial charge in [0.2, 0.25) is 0 Å². The van der Waals surface area contributed by atoms with Crippen LogP contribution in [-0.2, 0) is 17.1 Å². The number of nitrogen functional groups attached to an aromatic ring is 1. The Morgan fingerprint density at radius 3 is 2.24 bits per heavy atom. The summed E-state index contributed by atoms with van der Waals surface area (Å²) >= 11 is 0. The van der Waals surface area contributed by atoms with Crippen LogP contribution in [0.5, 0.6) is 0 Å². The number of nitrogens with zero attached hydrogens (tertiary/aromatic N) is 3. The molecule has 114 valence electrons. The van der Waals surface area contributed by atoms with E-state index in [1.54, 1.807) is 56.8 Å². The SMILES string of the molecule is CCN(c1ccc(N)cc1)S(=O)(=O)c1c(C)nn(C)c1C. The number of benzene rings is 1. The van der Waals surface area contributed by atoms with Crippen LogP contribution in [0.4, 0.5) is 11.4 Å². The van der Waals surface area contributed by atoms with E-state index in [1.807, 2.05) is 0 Å². The fraction of sp³-hybridized carbons (Fsp3) is 0.357. The van der Waals surface area contributed by atoms with Crippen LogP contribution in [0.2, 0.25) is 0 Å². The molecule has 0 unspecified atom stereocenters. The van der Waals surface area contributed by atoms with Crippen molar-refractivity contribution in [2.24, 2.45) is 7.05 Å². The van der Waals surface area contributed by atoms with Gasteiger partial charge in [-0.05, 0) is 45.0 Å². The minimum absolute atomic E-state index is 0.267. The van der Waals surface area contributed by atoms with Gasteiger partial charge >= 0.3 is 0 Å². The van der Waals surface area contributed by atoms with Crippen LogP contribution in [0.25, 0.3) is 0 Å². The highest BCUT2D eigenvalue weighted by Gasteiger charge is 2.29. The van der Waals surface area contributed by atoms with E-state index in [0.717, 1.165) is 0 Å². The van der Waals surface area contributed by atoms with Gasteiger partial charge in [-0.15, -0.1) is 0 Å². The Labute approximate surface area is 125 Å². The predicted molar refractivity (Wildman–Crippen MR) is 83.7 cm³/mol. The molecule has 0 aliphatic rings. The molecule has 2 aromatic rings. The lowest BCUT2D eigenvalue weighted by molar-refractivity contribution is 0.590. The molecule has 0 saturated carbocycles. The summed E-state index contributed by atoms with van der Waals surface area (Å²) < 4.78 is 28.8. The summed E-state index contributed by atoms with van der Waals surface area (Å²) in [4.78, 5) is 0.267. The highest BCUT2D eigenvalue weighted by atomic mass is 32.2. The lowest BCUT2D eigenvalue weighted by atomic mass is 10.3. The number of sulfonamides is 1. The van der Waals surface area contributed by atoms with Gasteiger partial charge in [0.15, 0.2) is 0 Å². The molecule has 0 amide bonds. The van der Waals surface area contributed by atoms with Gasteiger partial charge in [-0.25, -0.2) is 8.42 Å². The molecule has 0 radical (unpaired) electrons. The van der Waals surface area contributed by atoms with Crippen LogP contribution in [0.3, 0.4) is 0 Å². The second-order valence-corrected chi connectivity index (χ2v) is 6.68. The summed E-state index contributed by atoms with van der Waals surface area (Å²) in [6.45, 7) is 5.59. The van der Waals surface area contributed by atoms with Gasteiger partial charge in [-0.1, -0.05) is 0 Å². The normalized spacial score (nSPS) is 11.6. The molecule has 0 aliphatic carbocycles. The number of anilines is 2. The third-order valence-electron chi connectivity index (χ3n) is 3.46. The molecule has 1 aromatic carbocycles. The largest absolute Gasteiger partial charge is 0.399 e. The van der Waals surface area contributed by atoms with E-state index in [2.05, 4.69) is 5.10 Å². The quantitative estimate of drug-likeness (QED) is 0.874. The van der Waals surface area contributed by atoms with Crippen LogP contribution >= 0.6 is 0 Å². The van der Waals surface area contributed by atoms with E-state index in [9.17, 15) is 8.42 Å². The first-order valence-electron chi connectivity index (χ1n) is 6.67. The summed E-state index contributed by atoms with van der Waals surface area (Å²) in [5, 5.41) is 4.19. The molecular formula is C14H20N4O2S. The molecule has 6 nitrogen and oxygen atoms in total. The van der Waals surface area contributed by atoms with Crippen LogP contribution in [0.1, 0.15) is 18.3 Å². The number of aryl methyl sites for hydroxylation is 2. The molecule has 0 fully saturated rings. The maximum atomic E-state index is 12.9. The first-order valence-corrected chi connectivity index (χ1v) is 8.11. The summed E-state index contributed by atoms with van der Waals surface area (Å²) in [6.07, 6.45) is 0. The van der Waals surface area contributed by atoms with Crippen molar-refractivity contribution >= 4 is 21.4 Å². The van der Waals surface area contributed by atoms with Crippen molar-refractivity contribution in [3.63, 3.8) is 0 Å². The monoisotopic (exact) mass is 308 g/mol. The lowest BCUT2D eigenvalue weighted by Gasteiger charge is -2.23. The Hall–Kier alpha value is -2.02. The van der Waals surface area contributed by atoms with Crippen molar-refractivity contribution in [1.29, 1.82) is 0 Å². The maximum Gasteiger partial charge on any atom is 0.267 e. The zero-order chi connectivity index (χ0) is 15.8. The van der Waals surface area contributed by atoms with Crippen molar-refractivity contribution in [3.8, 4) is 0 Å². The Morgan fingerprint density at radius 2 is 1.81 bits per heavy atom. The van der Waals surface area contributed by atoms with Crippen molar-refractivity contribution in [1.82, 2.24) is 9.78 Å². The van der Waals surface area contributed by atoms with E-state index in [-0.39, 0.29) is 4.90 Å².